The summed E-state index contributed by atoms with van der Waals surface area (Å²) in [5, 5.41) is -7.76. The van der Waals surface area contributed by atoms with E-state index < -0.39 is 80.9 Å². The standard InChI is InChI=1S/C21H12F17IO4S/c1-42-13-9-7-12(8-10-13)39(11-5-3-2-4-6-11)43-44(40,41)21(37,38)19(32,33)17(28,29)15(24,25)14(22,23)16(26,27)18(30,31)20(34,35)36/h2-10H,1H3. The van der Waals surface area contributed by atoms with Gasteiger partial charge in [-0.25, -0.2) is 0 Å². The SMILES string of the molecule is COc1ccc(I(OS(=O)(=O)C(F)(F)C(F)(F)C(F)(F)C(F)(F)C(F)(F)C(F)(F)C(F)(F)C(F)(F)F)c2ccccc2)cc1. The molecule has 0 spiro atoms. The molecule has 23 heteroatoms. The van der Waals surface area contributed by atoms with Gasteiger partial charge in [-0.05, 0) is 0 Å². The predicted octanol–water partition coefficient (Wildman–Crippen LogP) is 8.47. The van der Waals surface area contributed by atoms with E-state index in [4.69, 9.17) is 4.74 Å². The molecular formula is C21H12F17IO4S. The average molecular weight is 810 g/mol. The number of halogens is 18. The average Bonchev–Trinajstić information content (AvgIpc) is 2.90. The van der Waals surface area contributed by atoms with Crippen LogP contribution >= 0.6 is 20.2 Å². The van der Waals surface area contributed by atoms with E-state index in [0.717, 1.165) is 55.6 Å². The van der Waals surface area contributed by atoms with Gasteiger partial charge in [0, 0.05) is 0 Å². The van der Waals surface area contributed by atoms with Crippen LogP contribution in [0.1, 0.15) is 0 Å². The van der Waals surface area contributed by atoms with E-state index >= 15 is 0 Å². The molecule has 2 aromatic rings. The first-order valence-electron chi connectivity index (χ1n) is 10.5. The summed E-state index contributed by atoms with van der Waals surface area (Å²) in [7, 11) is -6.61. The van der Waals surface area contributed by atoms with Crippen LogP contribution < -0.4 is 4.74 Å². The molecule has 0 atom stereocenters. The van der Waals surface area contributed by atoms with Gasteiger partial charge in [0.15, 0.2) is 0 Å². The first-order chi connectivity index (χ1) is 19.5. The van der Waals surface area contributed by atoms with Gasteiger partial charge in [-0.2, -0.15) is 0 Å². The van der Waals surface area contributed by atoms with E-state index in [2.05, 4.69) is 2.51 Å². The molecule has 0 aromatic heterocycles. The molecule has 2 aromatic carbocycles. The molecule has 4 nitrogen and oxygen atoms in total. The van der Waals surface area contributed by atoms with Crippen LogP contribution in [-0.2, 0) is 12.6 Å². The molecule has 0 unspecified atom stereocenters. The summed E-state index contributed by atoms with van der Waals surface area (Å²) >= 11 is -4.59. The Morgan fingerprint density at radius 3 is 1.27 bits per heavy atom. The molecule has 252 valence electrons. The fourth-order valence-corrected chi connectivity index (χ4v) is 9.82. The van der Waals surface area contributed by atoms with Crippen LogP contribution in [0.2, 0.25) is 0 Å². The summed E-state index contributed by atoms with van der Waals surface area (Å²) in [4.78, 5) is 0. The molecule has 0 aliphatic heterocycles. The molecule has 0 aliphatic carbocycles. The predicted molar refractivity (Wildman–Crippen MR) is 122 cm³/mol. The van der Waals surface area contributed by atoms with E-state index in [1.54, 1.807) is 0 Å². The normalized spacial score (nSPS) is 15.3. The van der Waals surface area contributed by atoms with Crippen molar-refractivity contribution in [2.45, 2.75) is 47.0 Å². The third-order valence-electron chi connectivity index (χ3n) is 5.33. The Balaban J connectivity index is 2.68. The van der Waals surface area contributed by atoms with Gasteiger partial charge in [-0.15, -0.1) is 0 Å². The molecule has 44 heavy (non-hydrogen) atoms. The molecule has 0 saturated heterocycles. The van der Waals surface area contributed by atoms with Crippen molar-refractivity contribution in [2.24, 2.45) is 0 Å². The molecule has 2 rings (SSSR count). The van der Waals surface area contributed by atoms with Crippen molar-refractivity contribution in [2.75, 3.05) is 7.11 Å². The number of alkyl halides is 17. The summed E-state index contributed by atoms with van der Waals surface area (Å²) in [5.74, 6) is -52.1. The molecule has 0 heterocycles. The molecular weight excluding hydrogens is 798 g/mol. The summed E-state index contributed by atoms with van der Waals surface area (Å²) in [6.45, 7) is 0. The number of hydrogen-bond acceptors (Lipinski definition) is 4. The van der Waals surface area contributed by atoms with Crippen molar-refractivity contribution in [3.63, 3.8) is 0 Å². The Kier molecular flexibility index (Phi) is 9.89. The zero-order chi connectivity index (χ0) is 34.6. The van der Waals surface area contributed by atoms with Gasteiger partial charge in [0.2, 0.25) is 0 Å². The van der Waals surface area contributed by atoms with Crippen molar-refractivity contribution in [3.05, 3.63) is 61.7 Å². The Morgan fingerprint density at radius 2 is 0.886 bits per heavy atom. The quantitative estimate of drug-likeness (QED) is 0.160. The molecule has 0 amide bonds. The third kappa shape index (κ3) is 5.63. The fourth-order valence-electron chi connectivity index (χ4n) is 2.84. The Morgan fingerprint density at radius 1 is 0.523 bits per heavy atom. The number of benzene rings is 2. The number of rotatable bonds is 12. The third-order valence-corrected chi connectivity index (χ3v) is 12.7. The Bertz CT molecular complexity index is 1410. The number of ether oxygens (including phenoxy) is 1. The number of methoxy groups -OCH3 is 1. The first-order valence-corrected chi connectivity index (χ1v) is 15.0. The molecule has 0 fully saturated rings. The second-order valence-corrected chi connectivity index (χ2v) is 14.7. The van der Waals surface area contributed by atoms with Crippen LogP contribution in [0.5, 0.6) is 5.75 Å². The topological polar surface area (TPSA) is 52.6 Å². The second kappa shape index (κ2) is 11.5. The molecule has 0 radical (unpaired) electrons. The van der Waals surface area contributed by atoms with Crippen LogP contribution in [0.3, 0.4) is 0 Å². The fraction of sp³-hybridized carbons (Fsp3) is 0.429. The molecule has 0 aliphatic rings. The first kappa shape index (κ1) is 37.9. The Labute approximate surface area is 242 Å². The van der Waals surface area contributed by atoms with Crippen molar-refractivity contribution < 1.29 is 90.3 Å². The van der Waals surface area contributed by atoms with Crippen molar-refractivity contribution in [3.8, 4) is 5.75 Å². The van der Waals surface area contributed by atoms with E-state index in [0.29, 0.717) is 0 Å². The van der Waals surface area contributed by atoms with Gasteiger partial charge in [0.1, 0.15) is 0 Å². The number of hydrogen-bond donors (Lipinski definition) is 0. The van der Waals surface area contributed by atoms with Crippen LogP contribution in [-0.4, -0.2) is 62.5 Å². The summed E-state index contributed by atoms with van der Waals surface area (Å²) < 4.78 is 263. The van der Waals surface area contributed by atoms with E-state index in [1.807, 2.05) is 0 Å². The molecule has 0 saturated carbocycles. The van der Waals surface area contributed by atoms with Gasteiger partial charge >= 0.3 is 242 Å². The van der Waals surface area contributed by atoms with Crippen LogP contribution in [0, 0.1) is 7.14 Å². The summed E-state index contributed by atoms with van der Waals surface area (Å²) in [6.07, 6.45) is -7.91. The van der Waals surface area contributed by atoms with E-state index in [9.17, 15) is 83.1 Å². The maximum atomic E-state index is 14.6. The minimum atomic E-state index is -8.92. The van der Waals surface area contributed by atoms with Crippen LogP contribution in [0.4, 0.5) is 74.6 Å². The maximum absolute atomic E-state index is 14.6. The zero-order valence-electron chi connectivity index (χ0n) is 20.5. The van der Waals surface area contributed by atoms with Gasteiger partial charge in [-0.1, -0.05) is 0 Å². The van der Waals surface area contributed by atoms with Crippen LogP contribution in [0.15, 0.2) is 54.6 Å². The van der Waals surface area contributed by atoms with Crippen molar-refractivity contribution in [1.29, 1.82) is 0 Å². The Hall–Kier alpha value is -2.31. The summed E-state index contributed by atoms with van der Waals surface area (Å²) in [6, 6.07) is 9.16. The van der Waals surface area contributed by atoms with Gasteiger partial charge in [-0.3, -0.25) is 0 Å². The van der Waals surface area contributed by atoms with Gasteiger partial charge in [0.05, 0.1) is 0 Å². The minimum absolute atomic E-state index is 0.0214. The van der Waals surface area contributed by atoms with Crippen molar-refractivity contribution in [1.82, 2.24) is 0 Å². The van der Waals surface area contributed by atoms with E-state index in [1.165, 1.54) is 6.07 Å². The van der Waals surface area contributed by atoms with Crippen molar-refractivity contribution >= 4 is 30.4 Å². The summed E-state index contributed by atoms with van der Waals surface area (Å²) in [5.41, 5.74) is 0. The van der Waals surface area contributed by atoms with Gasteiger partial charge < -0.3 is 0 Å². The van der Waals surface area contributed by atoms with Crippen LogP contribution in [0.25, 0.3) is 0 Å². The monoisotopic (exact) mass is 810 g/mol. The van der Waals surface area contributed by atoms with Gasteiger partial charge in [0.25, 0.3) is 0 Å². The molecule has 0 N–H and O–H groups in total. The zero-order valence-corrected chi connectivity index (χ0v) is 23.5. The van der Waals surface area contributed by atoms with E-state index in [-0.39, 0.29) is 9.32 Å². The second-order valence-electron chi connectivity index (χ2n) is 8.18. The molecule has 0 bridgehead atoms.